The van der Waals surface area contributed by atoms with Crippen molar-refractivity contribution >= 4 is 22.2 Å². The highest BCUT2D eigenvalue weighted by atomic mass is 79.9. The van der Waals surface area contributed by atoms with E-state index in [9.17, 15) is 9.18 Å². The predicted molar refractivity (Wildman–Crippen MR) is 45.8 cm³/mol. The van der Waals surface area contributed by atoms with Gasteiger partial charge in [0.25, 0.3) is 0 Å². The van der Waals surface area contributed by atoms with Gasteiger partial charge in [-0.1, -0.05) is 22.0 Å². The molecule has 0 aliphatic rings. The Bertz CT molecular complexity index is 301. The van der Waals surface area contributed by atoms with Crippen molar-refractivity contribution in [2.24, 2.45) is 0 Å². The van der Waals surface area contributed by atoms with E-state index >= 15 is 0 Å². The van der Waals surface area contributed by atoms with Gasteiger partial charge in [-0.05, 0) is 6.07 Å². The maximum Gasteiger partial charge on any atom is 0.138 e. The van der Waals surface area contributed by atoms with E-state index in [1.165, 1.54) is 12.1 Å². The molecular weight excluding hydrogens is 227 g/mol. The first kappa shape index (κ1) is 9.19. The molecule has 64 valence electrons. The number of hydrogen-bond acceptors (Lipinski definition) is 2. The SMILES string of the molecule is O=CC(Br)c1ccc(O)cc1F. The first-order chi connectivity index (χ1) is 5.65. The Balaban J connectivity index is 3.09. The molecule has 0 saturated carbocycles. The number of alkyl halides is 1. The van der Waals surface area contributed by atoms with Gasteiger partial charge in [0.1, 0.15) is 17.9 Å². The standard InChI is InChI=1S/C8H6BrFO2/c9-7(4-11)6-2-1-5(12)3-8(6)10/h1-4,7,12H. The number of carbonyl (C=O) groups excluding carboxylic acids is 1. The summed E-state index contributed by atoms with van der Waals surface area (Å²) in [5, 5.41) is 8.85. The number of benzene rings is 1. The highest BCUT2D eigenvalue weighted by molar-refractivity contribution is 9.09. The van der Waals surface area contributed by atoms with Crippen LogP contribution in [0.4, 0.5) is 4.39 Å². The molecule has 0 heterocycles. The van der Waals surface area contributed by atoms with Crippen molar-refractivity contribution in [1.82, 2.24) is 0 Å². The van der Waals surface area contributed by atoms with Crippen LogP contribution in [0.2, 0.25) is 0 Å². The summed E-state index contributed by atoms with van der Waals surface area (Å²) >= 11 is 2.97. The fourth-order valence-electron chi connectivity index (χ4n) is 0.813. The third-order valence-electron chi connectivity index (χ3n) is 1.40. The van der Waals surface area contributed by atoms with Crippen molar-refractivity contribution < 1.29 is 14.3 Å². The summed E-state index contributed by atoms with van der Waals surface area (Å²) in [6.45, 7) is 0. The van der Waals surface area contributed by atoms with Gasteiger partial charge in [-0.3, -0.25) is 0 Å². The van der Waals surface area contributed by atoms with E-state index in [4.69, 9.17) is 5.11 Å². The van der Waals surface area contributed by atoms with E-state index in [0.717, 1.165) is 6.07 Å². The molecule has 0 fully saturated rings. The Kier molecular flexibility index (Phi) is 2.81. The molecule has 2 nitrogen and oxygen atoms in total. The van der Waals surface area contributed by atoms with Crippen LogP contribution in [-0.4, -0.2) is 11.4 Å². The first-order valence-corrected chi connectivity index (χ1v) is 4.14. The van der Waals surface area contributed by atoms with Crippen molar-refractivity contribution in [2.45, 2.75) is 4.83 Å². The summed E-state index contributed by atoms with van der Waals surface area (Å²) in [4.78, 5) is 9.61. The lowest BCUT2D eigenvalue weighted by Gasteiger charge is -2.03. The monoisotopic (exact) mass is 232 g/mol. The zero-order chi connectivity index (χ0) is 9.14. The Labute approximate surface area is 77.2 Å². The second-order valence-electron chi connectivity index (χ2n) is 2.24. The number of phenols is 1. The molecule has 0 spiro atoms. The van der Waals surface area contributed by atoms with Crippen LogP contribution in [0.15, 0.2) is 18.2 Å². The average Bonchev–Trinajstić information content (AvgIpc) is 2.03. The van der Waals surface area contributed by atoms with Crippen molar-refractivity contribution in [2.75, 3.05) is 0 Å². The Morgan fingerprint density at radius 2 is 2.25 bits per heavy atom. The average molecular weight is 233 g/mol. The van der Waals surface area contributed by atoms with E-state index in [1.807, 2.05) is 0 Å². The highest BCUT2D eigenvalue weighted by Gasteiger charge is 2.11. The molecule has 0 amide bonds. The van der Waals surface area contributed by atoms with Crippen molar-refractivity contribution in [3.05, 3.63) is 29.6 Å². The molecule has 1 N–H and O–H groups in total. The van der Waals surface area contributed by atoms with Crippen molar-refractivity contribution in [3.8, 4) is 5.75 Å². The van der Waals surface area contributed by atoms with Crippen LogP contribution in [0.5, 0.6) is 5.75 Å². The van der Waals surface area contributed by atoms with Gasteiger partial charge in [-0.25, -0.2) is 4.39 Å². The largest absolute Gasteiger partial charge is 0.508 e. The number of rotatable bonds is 2. The van der Waals surface area contributed by atoms with Crippen LogP contribution in [0, 0.1) is 5.82 Å². The summed E-state index contributed by atoms with van der Waals surface area (Å²) in [5.41, 5.74) is 0.225. The molecule has 1 atom stereocenters. The first-order valence-electron chi connectivity index (χ1n) is 3.23. The Hall–Kier alpha value is -0.900. The lowest BCUT2D eigenvalue weighted by molar-refractivity contribution is -0.107. The van der Waals surface area contributed by atoms with Gasteiger partial charge in [-0.2, -0.15) is 0 Å². The molecule has 0 aromatic heterocycles. The Morgan fingerprint density at radius 1 is 1.58 bits per heavy atom. The summed E-state index contributed by atoms with van der Waals surface area (Å²) in [5.74, 6) is -0.745. The quantitative estimate of drug-likeness (QED) is 0.627. The molecular formula is C8H6BrFO2. The summed E-state index contributed by atoms with van der Waals surface area (Å²) in [7, 11) is 0. The van der Waals surface area contributed by atoms with Crippen LogP contribution in [0.1, 0.15) is 10.4 Å². The minimum Gasteiger partial charge on any atom is -0.508 e. The third-order valence-corrected chi connectivity index (χ3v) is 2.11. The number of halogens is 2. The number of aldehydes is 1. The van der Waals surface area contributed by atoms with E-state index in [-0.39, 0.29) is 11.3 Å². The lowest BCUT2D eigenvalue weighted by atomic mass is 10.1. The second-order valence-corrected chi connectivity index (χ2v) is 3.23. The molecule has 0 aliphatic carbocycles. The second kappa shape index (κ2) is 3.67. The van der Waals surface area contributed by atoms with E-state index < -0.39 is 10.6 Å². The number of phenolic OH excluding ortho intramolecular Hbond substituents is 1. The number of aromatic hydroxyl groups is 1. The Morgan fingerprint density at radius 3 is 2.75 bits per heavy atom. The van der Waals surface area contributed by atoms with Gasteiger partial charge in [0.2, 0.25) is 0 Å². The maximum absolute atomic E-state index is 12.9. The molecule has 1 aromatic rings. The van der Waals surface area contributed by atoms with Gasteiger partial charge >= 0.3 is 0 Å². The third kappa shape index (κ3) is 1.82. The topological polar surface area (TPSA) is 37.3 Å². The maximum atomic E-state index is 12.9. The van der Waals surface area contributed by atoms with Crippen LogP contribution < -0.4 is 0 Å². The summed E-state index contributed by atoms with van der Waals surface area (Å²) in [6.07, 6.45) is 0.579. The molecule has 1 unspecified atom stereocenters. The van der Waals surface area contributed by atoms with Gasteiger partial charge in [0.05, 0.1) is 4.83 Å². The molecule has 1 aromatic carbocycles. The van der Waals surface area contributed by atoms with Gasteiger partial charge in [-0.15, -0.1) is 0 Å². The van der Waals surface area contributed by atoms with E-state index in [2.05, 4.69) is 15.9 Å². The minimum atomic E-state index is -0.655. The summed E-state index contributed by atoms with van der Waals surface area (Å²) in [6, 6.07) is 3.65. The van der Waals surface area contributed by atoms with Crippen LogP contribution in [0.3, 0.4) is 0 Å². The van der Waals surface area contributed by atoms with Gasteiger partial charge in [0.15, 0.2) is 0 Å². The molecule has 0 saturated heterocycles. The molecule has 12 heavy (non-hydrogen) atoms. The molecule has 0 aliphatic heterocycles. The molecule has 1 rings (SSSR count). The summed E-state index contributed by atoms with van der Waals surface area (Å²) < 4.78 is 12.9. The predicted octanol–water partition coefficient (Wildman–Crippen LogP) is 2.17. The highest BCUT2D eigenvalue weighted by Crippen LogP contribution is 2.25. The molecule has 4 heteroatoms. The van der Waals surface area contributed by atoms with Crippen molar-refractivity contribution in [3.63, 3.8) is 0 Å². The zero-order valence-electron chi connectivity index (χ0n) is 6.00. The van der Waals surface area contributed by atoms with Crippen molar-refractivity contribution in [1.29, 1.82) is 0 Å². The van der Waals surface area contributed by atoms with Crippen LogP contribution in [-0.2, 0) is 4.79 Å². The van der Waals surface area contributed by atoms with Gasteiger partial charge < -0.3 is 9.90 Å². The minimum absolute atomic E-state index is 0.151. The fraction of sp³-hybridized carbons (Fsp3) is 0.125. The normalized spacial score (nSPS) is 12.5. The number of carbonyl (C=O) groups is 1. The van der Waals surface area contributed by atoms with Gasteiger partial charge in [0, 0.05) is 11.6 Å². The van der Waals surface area contributed by atoms with Crippen LogP contribution >= 0.6 is 15.9 Å². The van der Waals surface area contributed by atoms with E-state index in [0.29, 0.717) is 6.29 Å². The van der Waals surface area contributed by atoms with Crippen LogP contribution in [0.25, 0.3) is 0 Å². The lowest BCUT2D eigenvalue weighted by Crippen LogP contribution is -1.94. The zero-order valence-corrected chi connectivity index (χ0v) is 7.58. The smallest absolute Gasteiger partial charge is 0.138 e. The fourth-order valence-corrected chi connectivity index (χ4v) is 1.18. The number of hydrogen-bond donors (Lipinski definition) is 1. The molecule has 0 bridgehead atoms. The van der Waals surface area contributed by atoms with E-state index in [1.54, 1.807) is 0 Å². The molecule has 0 radical (unpaired) electrons.